The van der Waals surface area contributed by atoms with Gasteiger partial charge in [-0.1, -0.05) is 81.9 Å². The van der Waals surface area contributed by atoms with Crippen molar-refractivity contribution in [3.63, 3.8) is 0 Å². The fraction of sp³-hybridized carbons (Fsp3) is 0.194. The normalized spacial score (nSPS) is 14.9. The molecule has 0 spiro atoms. The van der Waals surface area contributed by atoms with Gasteiger partial charge in [0, 0.05) is 14.9 Å². The average molecular weight is 700 g/mol. The third kappa shape index (κ3) is 6.43. The molecule has 0 bridgehead atoms. The topological polar surface area (TPSA) is 69.9 Å². The molecule has 1 aromatic heterocycles. The van der Waals surface area contributed by atoms with Crippen molar-refractivity contribution in [2.75, 3.05) is 6.26 Å². The van der Waals surface area contributed by atoms with Crippen LogP contribution in [0.2, 0.25) is 0 Å². The van der Waals surface area contributed by atoms with Gasteiger partial charge in [-0.3, -0.25) is 9.36 Å². The number of ether oxygens (including phenoxy) is 2. The van der Waals surface area contributed by atoms with Crippen LogP contribution in [0.25, 0.3) is 16.8 Å². The molecule has 6 rings (SSSR count). The number of rotatable bonds is 8. The lowest BCUT2D eigenvalue weighted by atomic mass is 9.96. The molecule has 0 radical (unpaired) electrons. The van der Waals surface area contributed by atoms with Gasteiger partial charge in [-0.05, 0) is 85.3 Å². The first-order chi connectivity index (χ1) is 21.7. The van der Waals surface area contributed by atoms with Gasteiger partial charge >= 0.3 is 5.97 Å². The Morgan fingerprint density at radius 3 is 2.49 bits per heavy atom. The second-order valence-corrected chi connectivity index (χ2v) is 13.7. The number of halogens is 1. The molecule has 228 valence electrons. The third-order valence-corrected chi connectivity index (χ3v) is 9.78. The second kappa shape index (κ2) is 13.2. The Balaban J connectivity index is 1.51. The number of aromatic nitrogens is 1. The molecule has 0 saturated heterocycles. The van der Waals surface area contributed by atoms with Crippen LogP contribution in [0.15, 0.2) is 115 Å². The van der Waals surface area contributed by atoms with Crippen LogP contribution in [0.3, 0.4) is 0 Å². The Bertz CT molecular complexity index is 2110. The van der Waals surface area contributed by atoms with Gasteiger partial charge in [-0.25, -0.2) is 9.79 Å². The Morgan fingerprint density at radius 2 is 1.78 bits per heavy atom. The van der Waals surface area contributed by atoms with Gasteiger partial charge in [0.15, 0.2) is 4.80 Å². The van der Waals surface area contributed by atoms with Gasteiger partial charge in [0.25, 0.3) is 5.56 Å². The minimum absolute atomic E-state index is 0.230. The zero-order valence-electron chi connectivity index (χ0n) is 25.2. The van der Waals surface area contributed by atoms with Crippen molar-refractivity contribution in [1.29, 1.82) is 0 Å². The first-order valence-electron chi connectivity index (χ1n) is 14.5. The van der Waals surface area contributed by atoms with Gasteiger partial charge in [-0.15, -0.1) is 11.8 Å². The van der Waals surface area contributed by atoms with Crippen molar-refractivity contribution in [3.05, 3.63) is 137 Å². The zero-order chi connectivity index (χ0) is 31.7. The van der Waals surface area contributed by atoms with E-state index in [0.29, 0.717) is 33.0 Å². The van der Waals surface area contributed by atoms with E-state index >= 15 is 0 Å². The Kier molecular flexibility index (Phi) is 9.12. The van der Waals surface area contributed by atoms with E-state index < -0.39 is 12.0 Å². The van der Waals surface area contributed by atoms with Crippen molar-refractivity contribution < 1.29 is 14.3 Å². The number of hydrogen-bond acceptors (Lipinski definition) is 7. The molecule has 0 saturated carbocycles. The smallest absolute Gasteiger partial charge is 0.338 e. The number of fused-ring (bicyclic) bond motifs is 2. The largest absolute Gasteiger partial charge is 0.488 e. The second-order valence-electron chi connectivity index (χ2n) is 10.9. The summed E-state index contributed by atoms with van der Waals surface area (Å²) in [6.07, 6.45) is 3.59. The lowest BCUT2D eigenvalue weighted by Crippen LogP contribution is -2.40. The number of hydrogen-bond donors (Lipinski definition) is 0. The number of esters is 1. The summed E-state index contributed by atoms with van der Waals surface area (Å²) in [7, 11) is 0. The molecule has 45 heavy (non-hydrogen) atoms. The molecule has 0 amide bonds. The lowest BCUT2D eigenvalue weighted by Gasteiger charge is -2.25. The van der Waals surface area contributed by atoms with Crippen molar-refractivity contribution in [1.82, 2.24) is 4.57 Å². The predicted molar refractivity (Wildman–Crippen MR) is 186 cm³/mol. The molecule has 0 unspecified atom stereocenters. The molecular weight excluding hydrogens is 668 g/mol. The van der Waals surface area contributed by atoms with Crippen molar-refractivity contribution in [2.45, 2.75) is 44.4 Å². The van der Waals surface area contributed by atoms with Crippen LogP contribution in [0.1, 0.15) is 43.5 Å². The highest BCUT2D eigenvalue weighted by Crippen LogP contribution is 2.33. The summed E-state index contributed by atoms with van der Waals surface area (Å²) in [4.78, 5) is 34.2. The third-order valence-electron chi connectivity index (χ3n) is 7.53. The van der Waals surface area contributed by atoms with Crippen LogP contribution in [0.5, 0.6) is 5.75 Å². The summed E-state index contributed by atoms with van der Waals surface area (Å²) in [5.74, 6) is 0.196. The van der Waals surface area contributed by atoms with Crippen molar-refractivity contribution in [3.8, 4) is 5.75 Å². The van der Waals surface area contributed by atoms with Crippen LogP contribution in [-0.4, -0.2) is 22.9 Å². The lowest BCUT2D eigenvalue weighted by molar-refractivity contribution is -0.143. The van der Waals surface area contributed by atoms with Gasteiger partial charge in [0.2, 0.25) is 0 Å². The summed E-state index contributed by atoms with van der Waals surface area (Å²) in [6, 6.07) is 27.3. The molecule has 4 aromatic carbocycles. The molecule has 2 heterocycles. The maximum absolute atomic E-state index is 14.3. The zero-order valence-corrected chi connectivity index (χ0v) is 28.5. The molecule has 1 aliphatic rings. The summed E-state index contributed by atoms with van der Waals surface area (Å²) in [5, 5.41) is 2.01. The van der Waals surface area contributed by atoms with E-state index in [1.54, 1.807) is 23.3 Å². The van der Waals surface area contributed by atoms with Crippen LogP contribution in [-0.2, 0) is 16.1 Å². The molecule has 5 aromatic rings. The number of thiazole rings is 1. The highest BCUT2D eigenvalue weighted by Gasteiger charge is 2.33. The minimum Gasteiger partial charge on any atom is -0.488 e. The first kappa shape index (κ1) is 31.1. The summed E-state index contributed by atoms with van der Waals surface area (Å²) >= 11 is 6.42. The van der Waals surface area contributed by atoms with E-state index in [9.17, 15) is 9.59 Å². The molecule has 0 fully saturated rings. The van der Waals surface area contributed by atoms with E-state index in [2.05, 4.69) is 15.9 Å². The Hall–Kier alpha value is -3.92. The number of carbonyl (C=O) groups is 1. The number of nitrogens with zero attached hydrogens (tertiary/aromatic N) is 2. The van der Waals surface area contributed by atoms with Crippen molar-refractivity contribution >= 4 is 61.8 Å². The number of thioether (sulfide) groups is 1. The summed E-state index contributed by atoms with van der Waals surface area (Å²) < 4.78 is 15.1. The first-order valence-corrected chi connectivity index (χ1v) is 17.3. The SMILES string of the molecule is CSc1ccc([C@H]2C(C(=O)OC(C)C)=C(C)N=c3s/c(=C\c4c(OCc5ccc(Br)cc5)ccc5ccccc45)c(=O)n32)cc1. The Labute approximate surface area is 277 Å². The maximum atomic E-state index is 14.3. The Morgan fingerprint density at radius 1 is 1.04 bits per heavy atom. The predicted octanol–water partition coefficient (Wildman–Crippen LogP) is 7.40. The summed E-state index contributed by atoms with van der Waals surface area (Å²) in [5.41, 5.74) is 3.33. The monoisotopic (exact) mass is 698 g/mol. The molecule has 1 aliphatic heterocycles. The van der Waals surface area contributed by atoms with Gasteiger partial charge in [0.1, 0.15) is 12.4 Å². The highest BCUT2D eigenvalue weighted by atomic mass is 79.9. The summed E-state index contributed by atoms with van der Waals surface area (Å²) in [6.45, 7) is 5.80. The molecule has 9 heteroatoms. The van der Waals surface area contributed by atoms with E-state index in [4.69, 9.17) is 14.5 Å². The van der Waals surface area contributed by atoms with E-state index in [1.165, 1.54) is 11.3 Å². The van der Waals surface area contributed by atoms with Crippen molar-refractivity contribution in [2.24, 2.45) is 4.99 Å². The number of allylic oxidation sites excluding steroid dienone is 1. The molecule has 1 atom stereocenters. The molecule has 0 aliphatic carbocycles. The highest BCUT2D eigenvalue weighted by molar-refractivity contribution is 9.10. The minimum atomic E-state index is -0.675. The van der Waals surface area contributed by atoms with Crippen LogP contribution < -0.4 is 19.6 Å². The molecule has 0 N–H and O–H groups in total. The van der Waals surface area contributed by atoms with E-state index in [-0.39, 0.29) is 11.7 Å². The fourth-order valence-corrected chi connectivity index (χ4v) is 7.09. The van der Waals surface area contributed by atoms with E-state index in [0.717, 1.165) is 36.8 Å². The molecule has 6 nitrogen and oxygen atoms in total. The molecular formula is C36H31BrN2O4S2. The quantitative estimate of drug-likeness (QED) is 0.125. The number of benzene rings is 4. The average Bonchev–Trinajstić information content (AvgIpc) is 3.34. The van der Waals surface area contributed by atoms with E-state index in [1.807, 2.05) is 111 Å². The van der Waals surface area contributed by atoms with Crippen LogP contribution in [0, 0.1) is 0 Å². The number of carbonyl (C=O) groups excluding carboxylic acids is 1. The fourth-order valence-electron chi connectivity index (χ4n) is 5.38. The van der Waals surface area contributed by atoms with Crippen LogP contribution in [0.4, 0.5) is 0 Å². The standard InChI is InChI=1S/C36H31BrN2O4S2/c1-21(2)43-35(41)32-22(3)38-36-39(33(32)25-11-16-27(44-4)17-12-25)34(40)31(45-36)19-29-28-8-6-5-7-24(28)13-18-30(29)42-20-23-9-14-26(37)15-10-23/h5-19,21,33H,20H2,1-4H3/b31-19-/t33-/m0/s1. The van der Waals surface area contributed by atoms with Crippen LogP contribution >= 0.6 is 39.0 Å². The van der Waals surface area contributed by atoms with Gasteiger partial charge in [-0.2, -0.15) is 0 Å². The van der Waals surface area contributed by atoms with Gasteiger partial charge in [0.05, 0.1) is 27.9 Å². The van der Waals surface area contributed by atoms with Gasteiger partial charge < -0.3 is 9.47 Å². The maximum Gasteiger partial charge on any atom is 0.338 e.